The molecule has 1 aromatic carbocycles. The van der Waals surface area contributed by atoms with E-state index in [0.717, 1.165) is 12.0 Å². The molecule has 4 heteroatoms. The topological polar surface area (TPSA) is 61.4 Å². The van der Waals surface area contributed by atoms with E-state index in [-0.39, 0.29) is 24.1 Å². The third-order valence-electron chi connectivity index (χ3n) is 4.57. The van der Waals surface area contributed by atoms with E-state index in [1.165, 1.54) is 30.4 Å². The number of carbonyl (C=O) groups excluding carboxylic acids is 1. The van der Waals surface area contributed by atoms with Crippen molar-refractivity contribution in [2.45, 2.75) is 65.0 Å². The van der Waals surface area contributed by atoms with Gasteiger partial charge in [0.15, 0.2) is 0 Å². The Balaban J connectivity index is 1.84. The molecule has 0 heterocycles. The van der Waals surface area contributed by atoms with E-state index in [2.05, 4.69) is 28.8 Å². The number of aliphatic hydroxyl groups excluding tert-OH is 1. The first-order valence-electron chi connectivity index (χ1n) is 8.80. The van der Waals surface area contributed by atoms with Gasteiger partial charge in [-0.1, -0.05) is 25.1 Å². The summed E-state index contributed by atoms with van der Waals surface area (Å²) in [5.74, 6) is 0.264. The summed E-state index contributed by atoms with van der Waals surface area (Å²) in [6.45, 7) is 6.39. The van der Waals surface area contributed by atoms with E-state index in [4.69, 9.17) is 0 Å². The van der Waals surface area contributed by atoms with Crippen LogP contribution in [-0.4, -0.2) is 23.8 Å². The smallest absolute Gasteiger partial charge is 0.315 e. The Morgan fingerprint density at radius 2 is 1.87 bits per heavy atom. The molecule has 1 aromatic rings. The Morgan fingerprint density at radius 3 is 2.57 bits per heavy atom. The van der Waals surface area contributed by atoms with Gasteiger partial charge in [0, 0.05) is 6.54 Å². The van der Waals surface area contributed by atoms with Crippen LogP contribution in [0.3, 0.4) is 0 Å². The summed E-state index contributed by atoms with van der Waals surface area (Å²) in [7, 11) is 0. The molecule has 2 rings (SSSR count). The Morgan fingerprint density at radius 1 is 1.17 bits per heavy atom. The average molecular weight is 318 g/mol. The van der Waals surface area contributed by atoms with Crippen LogP contribution in [0, 0.1) is 5.92 Å². The van der Waals surface area contributed by atoms with E-state index in [9.17, 15) is 9.90 Å². The number of nitrogens with one attached hydrogen (secondary N) is 2. The molecule has 0 fully saturated rings. The summed E-state index contributed by atoms with van der Waals surface area (Å²) in [6, 6.07) is 6.44. The zero-order valence-electron chi connectivity index (χ0n) is 14.6. The van der Waals surface area contributed by atoms with Crippen molar-refractivity contribution in [2.24, 2.45) is 5.92 Å². The van der Waals surface area contributed by atoms with Crippen molar-refractivity contribution in [2.75, 3.05) is 6.54 Å². The second kappa shape index (κ2) is 8.34. The number of amides is 2. The Labute approximate surface area is 139 Å². The van der Waals surface area contributed by atoms with E-state index in [1.807, 2.05) is 13.8 Å². The zero-order valence-corrected chi connectivity index (χ0v) is 14.6. The molecule has 23 heavy (non-hydrogen) atoms. The molecule has 3 atom stereocenters. The van der Waals surface area contributed by atoms with Gasteiger partial charge in [0.05, 0.1) is 12.1 Å². The molecule has 3 unspecified atom stereocenters. The fourth-order valence-electron chi connectivity index (χ4n) is 3.29. The molecular formula is C19H30N2O2. The predicted octanol–water partition coefficient (Wildman–Crippen LogP) is 3.33. The van der Waals surface area contributed by atoms with Gasteiger partial charge in [-0.3, -0.25) is 0 Å². The van der Waals surface area contributed by atoms with Gasteiger partial charge in [0.1, 0.15) is 0 Å². The highest BCUT2D eigenvalue weighted by atomic mass is 16.3. The molecule has 0 bridgehead atoms. The number of benzene rings is 1. The molecule has 0 radical (unpaired) electrons. The summed E-state index contributed by atoms with van der Waals surface area (Å²) in [4.78, 5) is 12.0. The van der Waals surface area contributed by atoms with Crippen LogP contribution in [0.15, 0.2) is 18.2 Å². The van der Waals surface area contributed by atoms with Crippen molar-refractivity contribution in [3.05, 3.63) is 34.9 Å². The molecule has 1 aliphatic rings. The van der Waals surface area contributed by atoms with Crippen molar-refractivity contribution in [3.8, 4) is 0 Å². The standard InChI is InChI=1S/C19H30N2O2/c1-13(10-14(2)22)12-20-19(23)21-15(3)17-9-8-16-6-4-5-7-18(16)11-17/h8-9,11,13-15,22H,4-7,10,12H2,1-3H3,(H2,20,21,23). The number of fused-ring (bicyclic) bond motifs is 1. The van der Waals surface area contributed by atoms with Crippen molar-refractivity contribution in [3.63, 3.8) is 0 Å². The summed E-state index contributed by atoms with van der Waals surface area (Å²) in [5, 5.41) is 15.2. The first-order valence-corrected chi connectivity index (χ1v) is 8.80. The Hall–Kier alpha value is -1.55. The van der Waals surface area contributed by atoms with Crippen LogP contribution in [0.25, 0.3) is 0 Å². The average Bonchev–Trinajstić information content (AvgIpc) is 2.51. The quantitative estimate of drug-likeness (QED) is 0.753. The minimum Gasteiger partial charge on any atom is -0.393 e. The second-order valence-corrected chi connectivity index (χ2v) is 7.00. The maximum absolute atomic E-state index is 12.0. The highest BCUT2D eigenvalue weighted by molar-refractivity contribution is 5.74. The molecule has 4 nitrogen and oxygen atoms in total. The molecule has 0 saturated carbocycles. The third-order valence-corrected chi connectivity index (χ3v) is 4.57. The molecule has 0 spiro atoms. The van der Waals surface area contributed by atoms with Crippen LogP contribution < -0.4 is 10.6 Å². The number of aliphatic hydroxyl groups is 1. The zero-order chi connectivity index (χ0) is 16.8. The summed E-state index contributed by atoms with van der Waals surface area (Å²) in [5.41, 5.74) is 4.06. The second-order valence-electron chi connectivity index (χ2n) is 7.00. The fourth-order valence-corrected chi connectivity index (χ4v) is 3.29. The molecular weight excluding hydrogens is 288 g/mol. The Kier molecular flexibility index (Phi) is 6.46. The third kappa shape index (κ3) is 5.54. The van der Waals surface area contributed by atoms with E-state index in [1.54, 1.807) is 6.92 Å². The minimum atomic E-state index is -0.329. The van der Waals surface area contributed by atoms with Gasteiger partial charge in [-0.2, -0.15) is 0 Å². The van der Waals surface area contributed by atoms with Gasteiger partial charge in [-0.05, 0) is 68.6 Å². The highest BCUT2D eigenvalue weighted by Crippen LogP contribution is 2.24. The van der Waals surface area contributed by atoms with Crippen molar-refractivity contribution < 1.29 is 9.90 Å². The number of rotatable bonds is 6. The van der Waals surface area contributed by atoms with Gasteiger partial charge in [-0.25, -0.2) is 4.79 Å². The van der Waals surface area contributed by atoms with Crippen LogP contribution in [0.1, 0.15) is 62.8 Å². The maximum Gasteiger partial charge on any atom is 0.315 e. The normalized spacial score (nSPS) is 17.7. The van der Waals surface area contributed by atoms with Crippen LogP contribution in [0.2, 0.25) is 0 Å². The number of carbonyl (C=O) groups is 1. The Bertz CT molecular complexity index is 528. The van der Waals surface area contributed by atoms with Gasteiger partial charge in [0.2, 0.25) is 0 Å². The first-order chi connectivity index (χ1) is 11.0. The highest BCUT2D eigenvalue weighted by Gasteiger charge is 2.14. The van der Waals surface area contributed by atoms with Crippen molar-refractivity contribution in [1.29, 1.82) is 0 Å². The molecule has 0 saturated heterocycles. The number of urea groups is 1. The first kappa shape index (κ1) is 17.8. The summed E-state index contributed by atoms with van der Waals surface area (Å²) in [6.07, 6.45) is 5.25. The maximum atomic E-state index is 12.0. The molecule has 0 aromatic heterocycles. The summed E-state index contributed by atoms with van der Waals surface area (Å²) >= 11 is 0. The number of hydrogen-bond acceptors (Lipinski definition) is 2. The van der Waals surface area contributed by atoms with Crippen molar-refractivity contribution >= 4 is 6.03 Å². The van der Waals surface area contributed by atoms with Crippen LogP contribution in [0.5, 0.6) is 0 Å². The van der Waals surface area contributed by atoms with Crippen molar-refractivity contribution in [1.82, 2.24) is 10.6 Å². The lowest BCUT2D eigenvalue weighted by molar-refractivity contribution is 0.163. The van der Waals surface area contributed by atoms with E-state index in [0.29, 0.717) is 13.0 Å². The van der Waals surface area contributed by atoms with E-state index < -0.39 is 0 Å². The lowest BCUT2D eigenvalue weighted by atomic mass is 9.89. The van der Waals surface area contributed by atoms with E-state index >= 15 is 0 Å². The fraction of sp³-hybridized carbons (Fsp3) is 0.632. The van der Waals surface area contributed by atoms with Gasteiger partial charge in [0.25, 0.3) is 0 Å². The lowest BCUT2D eigenvalue weighted by Crippen LogP contribution is -2.39. The van der Waals surface area contributed by atoms with Crippen LogP contribution in [-0.2, 0) is 12.8 Å². The molecule has 1 aliphatic carbocycles. The lowest BCUT2D eigenvalue weighted by Gasteiger charge is -2.21. The molecule has 3 N–H and O–H groups in total. The molecule has 0 aliphatic heterocycles. The van der Waals surface area contributed by atoms with Gasteiger partial charge in [-0.15, -0.1) is 0 Å². The van der Waals surface area contributed by atoms with Gasteiger partial charge >= 0.3 is 6.03 Å². The SMILES string of the molecule is CC(O)CC(C)CNC(=O)NC(C)c1ccc2c(c1)CCCC2. The van der Waals surface area contributed by atoms with Crippen LogP contribution >= 0.6 is 0 Å². The molecule has 2 amide bonds. The largest absolute Gasteiger partial charge is 0.393 e. The predicted molar refractivity (Wildman–Crippen MR) is 93.5 cm³/mol. The summed E-state index contributed by atoms with van der Waals surface area (Å²) < 4.78 is 0. The number of hydrogen-bond donors (Lipinski definition) is 3. The minimum absolute atomic E-state index is 0.00528. The molecule has 128 valence electrons. The van der Waals surface area contributed by atoms with Crippen LogP contribution in [0.4, 0.5) is 4.79 Å². The van der Waals surface area contributed by atoms with Gasteiger partial charge < -0.3 is 15.7 Å². The number of aryl methyl sites for hydroxylation is 2. The monoisotopic (exact) mass is 318 g/mol.